The molecule has 2 aromatic carbocycles. The van der Waals surface area contributed by atoms with E-state index < -0.39 is 5.97 Å². The maximum atomic E-state index is 12.1. The van der Waals surface area contributed by atoms with E-state index >= 15 is 0 Å². The minimum Gasteiger partial charge on any atom is -0.481 e. The fourth-order valence-corrected chi connectivity index (χ4v) is 3.55. The maximum Gasteiger partial charge on any atom is 0.308 e. The Morgan fingerprint density at radius 1 is 1.09 bits per heavy atom. The lowest BCUT2D eigenvalue weighted by atomic mass is 10.1. The monoisotopic (exact) mass is 446 g/mol. The van der Waals surface area contributed by atoms with Crippen LogP contribution in [0, 0.1) is 0 Å². The van der Waals surface area contributed by atoms with Crippen LogP contribution in [0.15, 0.2) is 73.1 Å². The SMILES string of the molecule is O=C(O)Cc1c(Cl)nc(Cc2ccc(NC(=O)C=Cc3ccccc3)cc2)n2ccnc12. The van der Waals surface area contributed by atoms with Crippen LogP contribution in [0.4, 0.5) is 5.69 Å². The molecule has 0 fully saturated rings. The van der Waals surface area contributed by atoms with Crippen molar-refractivity contribution in [2.75, 3.05) is 5.32 Å². The molecule has 4 rings (SSSR count). The minimum atomic E-state index is -0.998. The fraction of sp³-hybridized carbons (Fsp3) is 0.0833. The molecule has 4 aromatic rings. The molecule has 7 nitrogen and oxygen atoms in total. The van der Waals surface area contributed by atoms with E-state index in [4.69, 9.17) is 16.7 Å². The smallest absolute Gasteiger partial charge is 0.308 e. The molecule has 8 heteroatoms. The van der Waals surface area contributed by atoms with Crippen LogP contribution < -0.4 is 5.32 Å². The number of rotatable bonds is 7. The first kappa shape index (κ1) is 21.3. The number of fused-ring (bicyclic) bond motifs is 1. The van der Waals surface area contributed by atoms with Gasteiger partial charge < -0.3 is 10.4 Å². The number of nitrogens with one attached hydrogen (secondary N) is 1. The van der Waals surface area contributed by atoms with Crippen LogP contribution >= 0.6 is 11.6 Å². The Hall–Kier alpha value is -3.97. The van der Waals surface area contributed by atoms with E-state index in [1.165, 1.54) is 6.08 Å². The summed E-state index contributed by atoms with van der Waals surface area (Å²) in [4.78, 5) is 31.9. The molecule has 0 aliphatic heterocycles. The molecule has 0 aliphatic carbocycles. The predicted octanol–water partition coefficient (Wildman–Crippen LogP) is 4.25. The van der Waals surface area contributed by atoms with Crippen molar-refractivity contribution in [3.63, 3.8) is 0 Å². The molecule has 0 atom stereocenters. The van der Waals surface area contributed by atoms with Crippen molar-refractivity contribution < 1.29 is 14.7 Å². The number of nitrogens with zero attached hydrogens (tertiary/aromatic N) is 3. The molecule has 0 unspecified atom stereocenters. The van der Waals surface area contributed by atoms with E-state index in [2.05, 4.69) is 15.3 Å². The molecule has 0 aliphatic rings. The van der Waals surface area contributed by atoms with Crippen molar-refractivity contribution >= 4 is 40.9 Å². The van der Waals surface area contributed by atoms with Gasteiger partial charge in [0, 0.05) is 36.1 Å². The number of benzene rings is 2. The highest BCUT2D eigenvalue weighted by atomic mass is 35.5. The van der Waals surface area contributed by atoms with Crippen LogP contribution in [-0.4, -0.2) is 31.4 Å². The molecule has 2 aromatic heterocycles. The van der Waals surface area contributed by atoms with Gasteiger partial charge in [-0.2, -0.15) is 0 Å². The number of aliphatic carboxylic acids is 1. The van der Waals surface area contributed by atoms with Gasteiger partial charge in [-0.25, -0.2) is 9.97 Å². The number of carbonyl (C=O) groups is 2. The topological polar surface area (TPSA) is 96.6 Å². The molecule has 2 heterocycles. The summed E-state index contributed by atoms with van der Waals surface area (Å²) >= 11 is 6.25. The third kappa shape index (κ3) is 5.01. The Labute approximate surface area is 189 Å². The second kappa shape index (κ2) is 9.45. The number of hydrogen-bond donors (Lipinski definition) is 2. The number of halogens is 1. The molecule has 0 radical (unpaired) electrons. The number of imidazole rings is 1. The molecule has 0 saturated carbocycles. The molecular weight excluding hydrogens is 428 g/mol. The van der Waals surface area contributed by atoms with E-state index in [0.717, 1.165) is 11.1 Å². The molecular formula is C24H19ClN4O3. The zero-order chi connectivity index (χ0) is 22.5. The zero-order valence-electron chi connectivity index (χ0n) is 16.9. The van der Waals surface area contributed by atoms with E-state index in [9.17, 15) is 9.59 Å². The summed E-state index contributed by atoms with van der Waals surface area (Å²) in [5.74, 6) is -0.578. The van der Waals surface area contributed by atoms with Gasteiger partial charge in [-0.3, -0.25) is 14.0 Å². The summed E-state index contributed by atoms with van der Waals surface area (Å²) in [7, 11) is 0. The number of carboxylic acids is 1. The summed E-state index contributed by atoms with van der Waals surface area (Å²) in [5, 5.41) is 12.1. The number of carbonyl (C=O) groups excluding carboxylic acids is 1. The first-order valence-corrected chi connectivity index (χ1v) is 10.2. The van der Waals surface area contributed by atoms with Crippen molar-refractivity contribution in [1.29, 1.82) is 0 Å². The quantitative estimate of drug-likeness (QED) is 0.326. The molecule has 32 heavy (non-hydrogen) atoms. The highest BCUT2D eigenvalue weighted by Gasteiger charge is 2.16. The Morgan fingerprint density at radius 3 is 2.56 bits per heavy atom. The van der Waals surface area contributed by atoms with Gasteiger partial charge in [0.15, 0.2) is 0 Å². The normalized spacial score (nSPS) is 11.2. The average molecular weight is 447 g/mol. The van der Waals surface area contributed by atoms with Gasteiger partial charge in [-0.1, -0.05) is 54.1 Å². The van der Waals surface area contributed by atoms with Crippen LogP contribution in [0.3, 0.4) is 0 Å². The van der Waals surface area contributed by atoms with Crippen molar-refractivity contribution in [2.45, 2.75) is 12.8 Å². The lowest BCUT2D eigenvalue weighted by Gasteiger charge is -2.10. The van der Waals surface area contributed by atoms with Crippen LogP contribution in [0.1, 0.15) is 22.5 Å². The van der Waals surface area contributed by atoms with Crippen LogP contribution in [0.5, 0.6) is 0 Å². The summed E-state index contributed by atoms with van der Waals surface area (Å²) in [6.07, 6.45) is 6.77. The molecule has 0 saturated heterocycles. The van der Waals surface area contributed by atoms with Gasteiger partial charge in [-0.05, 0) is 29.3 Å². The standard InChI is InChI=1S/C24H19ClN4O3/c25-23-19(15-22(31)32)24-26-12-13-29(24)20(28-23)14-17-6-9-18(10-7-17)27-21(30)11-8-16-4-2-1-3-5-16/h1-13H,14-15H2,(H,27,30)(H,31,32). The second-order valence-electron chi connectivity index (χ2n) is 7.10. The van der Waals surface area contributed by atoms with Gasteiger partial charge >= 0.3 is 5.97 Å². The Balaban J connectivity index is 1.47. The van der Waals surface area contributed by atoms with E-state index in [1.807, 2.05) is 54.6 Å². The Kier molecular flexibility index (Phi) is 6.28. The first-order chi connectivity index (χ1) is 15.5. The lowest BCUT2D eigenvalue weighted by molar-refractivity contribution is -0.136. The Morgan fingerprint density at radius 2 is 1.84 bits per heavy atom. The molecule has 2 N–H and O–H groups in total. The molecule has 1 amide bonds. The summed E-state index contributed by atoms with van der Waals surface area (Å²) in [6, 6.07) is 17.0. The number of carboxylic acid groups (broad SMARTS) is 1. The van der Waals surface area contributed by atoms with Crippen molar-refractivity contribution in [3.05, 3.63) is 101 Å². The van der Waals surface area contributed by atoms with Gasteiger partial charge in [0.25, 0.3) is 0 Å². The number of amides is 1. The largest absolute Gasteiger partial charge is 0.481 e. The van der Waals surface area contributed by atoms with Crippen molar-refractivity contribution in [2.24, 2.45) is 0 Å². The Bertz CT molecular complexity index is 1300. The average Bonchev–Trinajstić information content (AvgIpc) is 3.27. The van der Waals surface area contributed by atoms with Crippen molar-refractivity contribution in [1.82, 2.24) is 14.4 Å². The summed E-state index contributed by atoms with van der Waals surface area (Å²) in [6.45, 7) is 0. The van der Waals surface area contributed by atoms with Crippen LogP contribution in [0.25, 0.3) is 11.7 Å². The first-order valence-electron chi connectivity index (χ1n) is 9.85. The van der Waals surface area contributed by atoms with E-state index in [1.54, 1.807) is 22.9 Å². The third-order valence-electron chi connectivity index (χ3n) is 4.80. The third-order valence-corrected chi connectivity index (χ3v) is 5.12. The predicted molar refractivity (Wildman–Crippen MR) is 123 cm³/mol. The van der Waals surface area contributed by atoms with Gasteiger partial charge in [-0.15, -0.1) is 0 Å². The second-order valence-corrected chi connectivity index (χ2v) is 7.45. The minimum absolute atomic E-state index is 0.134. The highest BCUT2D eigenvalue weighted by Crippen LogP contribution is 2.22. The van der Waals surface area contributed by atoms with E-state index in [0.29, 0.717) is 29.1 Å². The summed E-state index contributed by atoms with van der Waals surface area (Å²) in [5.41, 5.74) is 3.44. The van der Waals surface area contributed by atoms with Gasteiger partial charge in [0.2, 0.25) is 5.91 Å². The number of anilines is 1. The van der Waals surface area contributed by atoms with Gasteiger partial charge in [0.1, 0.15) is 16.6 Å². The van der Waals surface area contributed by atoms with Crippen molar-refractivity contribution in [3.8, 4) is 0 Å². The van der Waals surface area contributed by atoms with Gasteiger partial charge in [0.05, 0.1) is 6.42 Å². The fourth-order valence-electron chi connectivity index (χ4n) is 3.30. The molecule has 0 bridgehead atoms. The maximum absolute atomic E-state index is 12.1. The van der Waals surface area contributed by atoms with Crippen LogP contribution in [0.2, 0.25) is 5.15 Å². The van der Waals surface area contributed by atoms with E-state index in [-0.39, 0.29) is 17.5 Å². The van der Waals surface area contributed by atoms with Crippen LogP contribution in [-0.2, 0) is 22.4 Å². The highest BCUT2D eigenvalue weighted by molar-refractivity contribution is 6.30. The lowest BCUT2D eigenvalue weighted by Crippen LogP contribution is -2.10. The number of aromatic nitrogens is 3. The summed E-state index contributed by atoms with van der Waals surface area (Å²) < 4.78 is 1.74. The molecule has 160 valence electrons. The zero-order valence-corrected chi connectivity index (χ0v) is 17.7. The molecule has 0 spiro atoms. The number of hydrogen-bond acceptors (Lipinski definition) is 4.